The van der Waals surface area contributed by atoms with Crippen LogP contribution in [0.3, 0.4) is 0 Å². The van der Waals surface area contributed by atoms with Gasteiger partial charge in [0.2, 0.25) is 5.91 Å². The van der Waals surface area contributed by atoms with Crippen LogP contribution in [0.1, 0.15) is 17.7 Å². The second kappa shape index (κ2) is 9.12. The molecule has 0 unspecified atom stereocenters. The number of nitrogens with zero attached hydrogens (tertiary/aromatic N) is 2. The van der Waals surface area contributed by atoms with E-state index in [0.717, 1.165) is 56.2 Å². The summed E-state index contributed by atoms with van der Waals surface area (Å²) in [6.45, 7) is 4.29. The molecule has 1 saturated carbocycles. The van der Waals surface area contributed by atoms with Crippen molar-refractivity contribution in [3.63, 3.8) is 0 Å². The Morgan fingerprint density at radius 2 is 1.74 bits per heavy atom. The number of thiophene rings is 1. The van der Waals surface area contributed by atoms with Gasteiger partial charge in [-0.15, -0.1) is 36.2 Å². The molecule has 0 atom stereocenters. The minimum Gasteiger partial charge on any atom is -0.339 e. The van der Waals surface area contributed by atoms with Gasteiger partial charge in [-0.2, -0.15) is 0 Å². The Kier molecular flexibility index (Phi) is 7.59. The van der Waals surface area contributed by atoms with Crippen LogP contribution in [0.15, 0.2) is 36.4 Å². The third-order valence-electron chi connectivity index (χ3n) is 5.05. The number of hydrogen-bond acceptors (Lipinski definition) is 4. The van der Waals surface area contributed by atoms with Crippen LogP contribution >= 0.6 is 47.8 Å². The summed E-state index contributed by atoms with van der Waals surface area (Å²) < 4.78 is 0. The lowest BCUT2D eigenvalue weighted by atomic mass is 10.2. The Balaban J connectivity index is 0.00000131. The summed E-state index contributed by atoms with van der Waals surface area (Å²) in [5, 5.41) is 0.791. The van der Waals surface area contributed by atoms with E-state index in [1.54, 1.807) is 11.3 Å². The van der Waals surface area contributed by atoms with Crippen molar-refractivity contribution in [3.8, 4) is 10.4 Å². The number of hydrogen-bond donors (Lipinski definition) is 1. The normalized spacial score (nSPS) is 18.4. The zero-order chi connectivity index (χ0) is 17.4. The fourth-order valence-electron chi connectivity index (χ4n) is 3.26. The van der Waals surface area contributed by atoms with Gasteiger partial charge in [-0.25, -0.2) is 0 Å². The highest BCUT2D eigenvalue weighted by atomic mass is 35.5. The molecule has 4 rings (SSSR count). The number of rotatable bonds is 4. The van der Waals surface area contributed by atoms with Crippen molar-refractivity contribution in [2.45, 2.75) is 24.9 Å². The molecule has 2 fully saturated rings. The SMILES string of the molecule is Cl.Cl.NC1(C(=O)N2CCN(Cc3ccc(-c4ccccc4Cl)s3)CC2)CC1. The molecule has 1 aliphatic heterocycles. The van der Waals surface area contributed by atoms with Gasteiger partial charge in [0.25, 0.3) is 0 Å². The number of nitrogens with two attached hydrogens (primary N) is 1. The summed E-state index contributed by atoms with van der Waals surface area (Å²) in [6, 6.07) is 12.3. The maximum atomic E-state index is 12.3. The maximum Gasteiger partial charge on any atom is 0.242 e. The number of carbonyl (C=O) groups excluding carboxylic acids is 1. The largest absolute Gasteiger partial charge is 0.339 e. The van der Waals surface area contributed by atoms with Crippen LogP contribution in [0.25, 0.3) is 10.4 Å². The molecule has 1 aliphatic carbocycles. The molecule has 0 radical (unpaired) electrons. The van der Waals surface area contributed by atoms with E-state index in [1.807, 2.05) is 23.1 Å². The predicted molar refractivity (Wildman–Crippen MR) is 117 cm³/mol. The summed E-state index contributed by atoms with van der Waals surface area (Å²) in [6.07, 6.45) is 1.68. The van der Waals surface area contributed by atoms with Crippen LogP contribution < -0.4 is 5.73 Å². The second-order valence-electron chi connectivity index (χ2n) is 6.97. The van der Waals surface area contributed by atoms with Gasteiger partial charge in [-0.05, 0) is 31.0 Å². The molecule has 1 aromatic heterocycles. The molecular weight excluding hydrogens is 425 g/mol. The Labute approximate surface area is 181 Å². The Hall–Kier alpha value is -0.820. The fraction of sp³-hybridized carbons (Fsp3) is 0.421. The summed E-state index contributed by atoms with van der Waals surface area (Å²) in [4.78, 5) is 19.2. The molecule has 2 aliphatic rings. The van der Waals surface area contributed by atoms with Gasteiger partial charge in [0.1, 0.15) is 0 Å². The van der Waals surface area contributed by atoms with Crippen molar-refractivity contribution >= 4 is 53.7 Å². The standard InChI is InChI=1S/C19H22ClN3OS.2ClH/c20-16-4-2-1-3-15(16)17-6-5-14(25-17)13-22-9-11-23(12-10-22)18(24)19(21)7-8-19;;/h1-6H,7-13,21H2;2*1H. The molecule has 1 aromatic carbocycles. The van der Waals surface area contributed by atoms with Gasteiger partial charge in [0.05, 0.1) is 5.54 Å². The molecule has 2 aromatic rings. The van der Waals surface area contributed by atoms with Crippen LogP contribution in [-0.4, -0.2) is 47.4 Å². The van der Waals surface area contributed by atoms with Gasteiger partial charge in [0, 0.05) is 53.1 Å². The zero-order valence-electron chi connectivity index (χ0n) is 14.9. The molecule has 0 spiro atoms. The average molecular weight is 449 g/mol. The number of halogens is 3. The molecular formula is C19H24Cl3N3OS. The fourth-order valence-corrected chi connectivity index (χ4v) is 4.64. The Bertz CT molecular complexity index is 786. The van der Waals surface area contributed by atoms with Crippen molar-refractivity contribution < 1.29 is 4.79 Å². The smallest absolute Gasteiger partial charge is 0.242 e. The molecule has 1 saturated heterocycles. The first-order valence-electron chi connectivity index (χ1n) is 8.69. The molecule has 2 N–H and O–H groups in total. The average Bonchev–Trinajstić information content (AvgIpc) is 3.21. The molecule has 4 nitrogen and oxygen atoms in total. The van der Waals surface area contributed by atoms with E-state index in [0.29, 0.717) is 0 Å². The quantitative estimate of drug-likeness (QED) is 0.767. The van der Waals surface area contributed by atoms with E-state index in [-0.39, 0.29) is 30.7 Å². The summed E-state index contributed by atoms with van der Waals surface area (Å²) >= 11 is 8.08. The lowest BCUT2D eigenvalue weighted by Gasteiger charge is -2.35. The first kappa shape index (κ1) is 22.5. The first-order chi connectivity index (χ1) is 12.0. The van der Waals surface area contributed by atoms with E-state index < -0.39 is 5.54 Å². The monoisotopic (exact) mass is 447 g/mol. The predicted octanol–water partition coefficient (Wildman–Crippen LogP) is 4.05. The Morgan fingerprint density at radius 3 is 2.37 bits per heavy atom. The highest BCUT2D eigenvalue weighted by molar-refractivity contribution is 7.15. The highest BCUT2D eigenvalue weighted by Crippen LogP contribution is 2.35. The van der Waals surface area contributed by atoms with Gasteiger partial charge < -0.3 is 10.6 Å². The van der Waals surface area contributed by atoms with Gasteiger partial charge in [-0.3, -0.25) is 9.69 Å². The minimum atomic E-state index is -0.542. The number of benzene rings is 1. The van der Waals surface area contributed by atoms with Crippen molar-refractivity contribution in [3.05, 3.63) is 46.3 Å². The minimum absolute atomic E-state index is 0. The van der Waals surface area contributed by atoms with E-state index in [2.05, 4.69) is 23.1 Å². The topological polar surface area (TPSA) is 49.6 Å². The number of amides is 1. The number of carbonyl (C=O) groups is 1. The molecule has 8 heteroatoms. The second-order valence-corrected chi connectivity index (χ2v) is 8.55. The van der Waals surface area contributed by atoms with E-state index in [1.165, 1.54) is 9.75 Å². The molecule has 1 amide bonds. The van der Waals surface area contributed by atoms with Crippen LogP contribution in [0.4, 0.5) is 0 Å². The summed E-state index contributed by atoms with van der Waals surface area (Å²) in [5.41, 5.74) is 6.58. The lowest BCUT2D eigenvalue weighted by Crippen LogP contribution is -2.53. The third kappa shape index (κ3) is 4.97. The van der Waals surface area contributed by atoms with Gasteiger partial charge >= 0.3 is 0 Å². The zero-order valence-corrected chi connectivity index (χ0v) is 18.1. The van der Waals surface area contributed by atoms with Crippen LogP contribution in [0.2, 0.25) is 5.02 Å². The van der Waals surface area contributed by atoms with E-state index in [9.17, 15) is 4.79 Å². The third-order valence-corrected chi connectivity index (χ3v) is 6.49. The summed E-state index contributed by atoms with van der Waals surface area (Å²) in [5.74, 6) is 0.143. The Morgan fingerprint density at radius 1 is 1.07 bits per heavy atom. The van der Waals surface area contributed by atoms with Crippen LogP contribution in [0, 0.1) is 0 Å². The van der Waals surface area contributed by atoms with E-state index >= 15 is 0 Å². The van der Waals surface area contributed by atoms with Crippen molar-refractivity contribution in [1.82, 2.24) is 9.80 Å². The lowest BCUT2D eigenvalue weighted by molar-refractivity contribution is -0.135. The van der Waals surface area contributed by atoms with Crippen molar-refractivity contribution in [2.75, 3.05) is 26.2 Å². The van der Waals surface area contributed by atoms with Crippen LogP contribution in [0.5, 0.6) is 0 Å². The van der Waals surface area contributed by atoms with Gasteiger partial charge in [0.15, 0.2) is 0 Å². The maximum absolute atomic E-state index is 12.3. The summed E-state index contributed by atoms with van der Waals surface area (Å²) in [7, 11) is 0. The molecule has 27 heavy (non-hydrogen) atoms. The van der Waals surface area contributed by atoms with E-state index in [4.69, 9.17) is 17.3 Å². The molecule has 0 bridgehead atoms. The first-order valence-corrected chi connectivity index (χ1v) is 9.89. The number of piperazine rings is 1. The van der Waals surface area contributed by atoms with Crippen molar-refractivity contribution in [1.29, 1.82) is 0 Å². The molecule has 2 heterocycles. The highest BCUT2D eigenvalue weighted by Gasteiger charge is 2.48. The van der Waals surface area contributed by atoms with Crippen LogP contribution in [-0.2, 0) is 11.3 Å². The van der Waals surface area contributed by atoms with Crippen molar-refractivity contribution in [2.24, 2.45) is 5.73 Å². The van der Waals surface area contributed by atoms with Gasteiger partial charge in [-0.1, -0.05) is 29.8 Å². The molecule has 148 valence electrons.